The van der Waals surface area contributed by atoms with E-state index in [1.165, 1.54) is 18.2 Å². The first-order valence-electron chi connectivity index (χ1n) is 11.5. The Morgan fingerprint density at radius 2 is 1.74 bits per heavy atom. The molecule has 1 heterocycles. The normalized spacial score (nSPS) is 19.6. The van der Waals surface area contributed by atoms with E-state index in [1.807, 2.05) is 12.1 Å². The minimum atomic E-state index is -0.780. The summed E-state index contributed by atoms with van der Waals surface area (Å²) in [7, 11) is 0. The van der Waals surface area contributed by atoms with Gasteiger partial charge in [0.15, 0.2) is 0 Å². The third-order valence-electron chi connectivity index (χ3n) is 6.34. The lowest BCUT2D eigenvalue weighted by atomic mass is 9.85. The molecule has 1 aliphatic heterocycles. The molecular formula is C25H28FN3O5. The average Bonchev–Trinajstić information content (AvgIpc) is 2.79. The number of hydrogen-bond acceptors (Lipinski definition) is 4. The van der Waals surface area contributed by atoms with Crippen LogP contribution in [0.4, 0.5) is 25.4 Å². The molecule has 0 aromatic heterocycles. The molecule has 34 heavy (non-hydrogen) atoms. The Balaban J connectivity index is 1.27. The van der Waals surface area contributed by atoms with Crippen LogP contribution in [0.2, 0.25) is 0 Å². The first-order valence-corrected chi connectivity index (χ1v) is 11.5. The van der Waals surface area contributed by atoms with Gasteiger partial charge in [-0.3, -0.25) is 4.79 Å². The zero-order chi connectivity index (χ0) is 24.1. The minimum absolute atomic E-state index is 0.160. The molecule has 1 aliphatic carbocycles. The van der Waals surface area contributed by atoms with Gasteiger partial charge < -0.3 is 25.4 Å². The van der Waals surface area contributed by atoms with Crippen LogP contribution < -0.4 is 10.6 Å². The van der Waals surface area contributed by atoms with Crippen LogP contribution in [-0.4, -0.2) is 40.7 Å². The maximum Gasteiger partial charge on any atom is 0.410 e. The van der Waals surface area contributed by atoms with Crippen LogP contribution in [0.1, 0.15) is 43.2 Å². The fraction of sp³-hybridized carbons (Fsp3) is 0.400. The Kier molecular flexibility index (Phi) is 7.30. The van der Waals surface area contributed by atoms with Gasteiger partial charge in [0.2, 0.25) is 0 Å². The predicted octanol–water partition coefficient (Wildman–Crippen LogP) is 5.00. The number of anilines is 2. The second-order valence-electron chi connectivity index (χ2n) is 8.87. The molecule has 180 valence electrons. The molecule has 0 bridgehead atoms. The van der Waals surface area contributed by atoms with Crippen molar-refractivity contribution >= 4 is 29.5 Å². The molecule has 0 atom stereocenters. The van der Waals surface area contributed by atoms with Crippen LogP contribution >= 0.6 is 0 Å². The van der Waals surface area contributed by atoms with Crippen LogP contribution in [0.5, 0.6) is 0 Å². The number of nitrogens with one attached hydrogen (secondary N) is 2. The number of fused-ring (bicyclic) bond motifs is 1. The largest absolute Gasteiger partial charge is 0.481 e. The zero-order valence-electron chi connectivity index (χ0n) is 18.8. The summed E-state index contributed by atoms with van der Waals surface area (Å²) in [5.41, 5.74) is 3.01. The molecule has 0 saturated heterocycles. The maximum absolute atomic E-state index is 13.3. The van der Waals surface area contributed by atoms with Crippen molar-refractivity contribution in [1.82, 2.24) is 4.90 Å². The van der Waals surface area contributed by atoms with E-state index in [0.29, 0.717) is 43.7 Å². The molecule has 2 aliphatic rings. The van der Waals surface area contributed by atoms with Gasteiger partial charge >= 0.3 is 18.1 Å². The number of urea groups is 1. The highest BCUT2D eigenvalue weighted by atomic mass is 19.1. The standard InChI is InChI=1S/C25H28FN3O5/c26-19-2-1-3-20(14-19)27-24(32)28-21-7-6-18-15-29(11-10-17(18)13-21)25(33)34-22-8-4-16(5-9-22)12-23(30)31/h1-3,6-7,13-14,16,22H,4-5,8-12,15H2,(H,30,31)(H2,27,28,32). The summed E-state index contributed by atoms with van der Waals surface area (Å²) < 4.78 is 19.0. The maximum atomic E-state index is 13.3. The number of amides is 3. The third kappa shape index (κ3) is 6.24. The average molecular weight is 470 g/mol. The summed E-state index contributed by atoms with van der Waals surface area (Å²) >= 11 is 0. The van der Waals surface area contributed by atoms with Gasteiger partial charge in [-0.25, -0.2) is 14.0 Å². The molecule has 0 unspecified atom stereocenters. The summed E-state index contributed by atoms with van der Waals surface area (Å²) in [5.74, 6) is -1.05. The van der Waals surface area contributed by atoms with Crippen LogP contribution in [0.3, 0.4) is 0 Å². The van der Waals surface area contributed by atoms with E-state index in [1.54, 1.807) is 17.0 Å². The topological polar surface area (TPSA) is 108 Å². The van der Waals surface area contributed by atoms with Crippen LogP contribution in [0.15, 0.2) is 42.5 Å². The number of hydrogen-bond donors (Lipinski definition) is 3. The SMILES string of the molecule is O=C(O)CC1CCC(OC(=O)N2CCc3cc(NC(=O)Nc4cccc(F)c4)ccc3C2)CC1. The summed E-state index contributed by atoms with van der Waals surface area (Å²) in [5, 5.41) is 14.3. The van der Waals surface area contributed by atoms with Gasteiger partial charge in [-0.05, 0) is 79.5 Å². The van der Waals surface area contributed by atoms with Gasteiger partial charge in [-0.1, -0.05) is 12.1 Å². The Labute approximate surface area is 197 Å². The first-order chi connectivity index (χ1) is 16.4. The van der Waals surface area contributed by atoms with Crippen molar-refractivity contribution in [3.05, 3.63) is 59.4 Å². The van der Waals surface area contributed by atoms with E-state index in [0.717, 1.165) is 24.0 Å². The second-order valence-corrected chi connectivity index (χ2v) is 8.87. The molecule has 9 heteroatoms. The quantitative estimate of drug-likeness (QED) is 0.571. The van der Waals surface area contributed by atoms with E-state index in [-0.39, 0.29) is 24.5 Å². The fourth-order valence-electron chi connectivity index (χ4n) is 4.56. The number of benzene rings is 2. The molecule has 8 nitrogen and oxygen atoms in total. The Bertz CT molecular complexity index is 1070. The minimum Gasteiger partial charge on any atom is -0.481 e. The highest BCUT2D eigenvalue weighted by Gasteiger charge is 2.28. The van der Waals surface area contributed by atoms with Crippen molar-refractivity contribution in [3.8, 4) is 0 Å². The van der Waals surface area contributed by atoms with E-state index >= 15 is 0 Å². The third-order valence-corrected chi connectivity index (χ3v) is 6.34. The zero-order valence-corrected chi connectivity index (χ0v) is 18.8. The molecule has 3 N–H and O–H groups in total. The van der Waals surface area contributed by atoms with Crippen LogP contribution in [-0.2, 0) is 22.5 Å². The van der Waals surface area contributed by atoms with Crippen molar-refractivity contribution in [2.45, 2.75) is 51.2 Å². The molecule has 4 rings (SSSR count). The van der Waals surface area contributed by atoms with Gasteiger partial charge in [0.25, 0.3) is 0 Å². The molecule has 3 amide bonds. The number of halogens is 1. The lowest BCUT2D eigenvalue weighted by molar-refractivity contribution is -0.138. The second kappa shape index (κ2) is 10.5. The number of rotatable bonds is 5. The van der Waals surface area contributed by atoms with Crippen molar-refractivity contribution in [3.63, 3.8) is 0 Å². The van der Waals surface area contributed by atoms with E-state index in [2.05, 4.69) is 10.6 Å². The molecule has 2 aromatic carbocycles. The Morgan fingerprint density at radius 3 is 2.44 bits per heavy atom. The van der Waals surface area contributed by atoms with Gasteiger partial charge in [0.1, 0.15) is 11.9 Å². The summed E-state index contributed by atoms with van der Waals surface area (Å²) in [6.45, 7) is 0.942. The molecule has 1 saturated carbocycles. The molecule has 2 aromatic rings. The number of ether oxygens (including phenoxy) is 1. The summed E-state index contributed by atoms with van der Waals surface area (Å²) in [4.78, 5) is 37.4. The lowest BCUT2D eigenvalue weighted by Crippen LogP contribution is -2.39. The molecule has 0 radical (unpaired) electrons. The monoisotopic (exact) mass is 469 g/mol. The van der Waals surface area contributed by atoms with Gasteiger partial charge in [-0.2, -0.15) is 0 Å². The van der Waals surface area contributed by atoms with E-state index in [4.69, 9.17) is 9.84 Å². The molecule has 0 spiro atoms. The number of nitrogens with zero attached hydrogens (tertiary/aromatic N) is 1. The van der Waals surface area contributed by atoms with Crippen LogP contribution in [0, 0.1) is 11.7 Å². The van der Waals surface area contributed by atoms with E-state index in [9.17, 15) is 18.8 Å². The molecular weight excluding hydrogens is 441 g/mol. The number of carboxylic acid groups (broad SMARTS) is 1. The number of aliphatic carboxylic acids is 1. The van der Waals surface area contributed by atoms with Crippen molar-refractivity contribution in [2.75, 3.05) is 17.2 Å². The number of carbonyl (C=O) groups excluding carboxylic acids is 2. The van der Waals surface area contributed by atoms with E-state index < -0.39 is 17.8 Å². The Hall–Kier alpha value is -3.62. The van der Waals surface area contributed by atoms with Crippen molar-refractivity contribution in [1.29, 1.82) is 0 Å². The highest BCUT2D eigenvalue weighted by Crippen LogP contribution is 2.30. The predicted molar refractivity (Wildman–Crippen MR) is 124 cm³/mol. The van der Waals surface area contributed by atoms with Gasteiger partial charge in [0.05, 0.1) is 0 Å². The van der Waals surface area contributed by atoms with Gasteiger partial charge in [-0.15, -0.1) is 0 Å². The summed E-state index contributed by atoms with van der Waals surface area (Å²) in [6.07, 6.45) is 3.21. The van der Waals surface area contributed by atoms with Crippen LogP contribution in [0.25, 0.3) is 0 Å². The summed E-state index contributed by atoms with van der Waals surface area (Å²) in [6, 6.07) is 10.7. The van der Waals surface area contributed by atoms with Crippen molar-refractivity contribution in [2.24, 2.45) is 5.92 Å². The van der Waals surface area contributed by atoms with Gasteiger partial charge in [0, 0.05) is 30.9 Å². The highest BCUT2D eigenvalue weighted by molar-refractivity contribution is 5.99. The number of carboxylic acids is 1. The number of carbonyl (C=O) groups is 3. The first kappa shape index (κ1) is 23.5. The molecule has 1 fully saturated rings. The lowest BCUT2D eigenvalue weighted by Gasteiger charge is -2.32. The van der Waals surface area contributed by atoms with Crippen molar-refractivity contribution < 1.29 is 28.6 Å². The smallest absolute Gasteiger partial charge is 0.410 e. The fourth-order valence-corrected chi connectivity index (χ4v) is 4.56. The Morgan fingerprint density at radius 1 is 1.00 bits per heavy atom.